The number of rotatable bonds is 4. The zero-order chi connectivity index (χ0) is 13.5. The lowest BCUT2D eigenvalue weighted by Gasteiger charge is -2.32. The van der Waals surface area contributed by atoms with Crippen molar-refractivity contribution in [1.82, 2.24) is 15.2 Å². The Labute approximate surface area is 113 Å². The number of ether oxygens (including phenoxy) is 1. The molecule has 0 spiro atoms. The van der Waals surface area contributed by atoms with E-state index in [1.54, 1.807) is 18.5 Å². The van der Waals surface area contributed by atoms with Crippen LogP contribution in [0, 0.1) is 0 Å². The quantitative estimate of drug-likeness (QED) is 0.841. The van der Waals surface area contributed by atoms with Gasteiger partial charge in [-0.1, -0.05) is 6.08 Å². The van der Waals surface area contributed by atoms with Crippen molar-refractivity contribution < 1.29 is 9.53 Å². The van der Waals surface area contributed by atoms with Crippen LogP contribution in [0.25, 0.3) is 0 Å². The number of nitrogens with one attached hydrogen (secondary N) is 1. The molecular weight excluding hydrogens is 242 g/mol. The van der Waals surface area contributed by atoms with Crippen LogP contribution in [0.4, 0.5) is 4.79 Å². The first kappa shape index (κ1) is 13.4. The molecule has 5 nitrogen and oxygen atoms in total. The van der Waals surface area contributed by atoms with E-state index < -0.39 is 0 Å². The SMILES string of the molecule is C=CCNC(=O)N1CCC(Oc2cccnc2)CC1. The molecule has 1 aromatic rings. The van der Waals surface area contributed by atoms with Crippen LogP contribution in [0.1, 0.15) is 12.8 Å². The van der Waals surface area contributed by atoms with E-state index in [0.717, 1.165) is 18.6 Å². The number of nitrogens with zero attached hydrogens (tertiary/aromatic N) is 2. The summed E-state index contributed by atoms with van der Waals surface area (Å²) in [5.41, 5.74) is 0. The Morgan fingerprint density at radius 1 is 1.58 bits per heavy atom. The van der Waals surface area contributed by atoms with Gasteiger partial charge in [-0.3, -0.25) is 4.98 Å². The Balaban J connectivity index is 1.76. The zero-order valence-electron chi connectivity index (χ0n) is 10.9. The van der Waals surface area contributed by atoms with Gasteiger partial charge in [0, 0.05) is 38.7 Å². The van der Waals surface area contributed by atoms with Crippen molar-refractivity contribution >= 4 is 6.03 Å². The fourth-order valence-electron chi connectivity index (χ4n) is 2.06. The van der Waals surface area contributed by atoms with E-state index >= 15 is 0 Å². The second kappa shape index (κ2) is 6.78. The van der Waals surface area contributed by atoms with Gasteiger partial charge >= 0.3 is 6.03 Å². The Morgan fingerprint density at radius 2 is 2.37 bits per heavy atom. The molecule has 102 valence electrons. The van der Waals surface area contributed by atoms with E-state index in [4.69, 9.17) is 4.74 Å². The van der Waals surface area contributed by atoms with E-state index in [2.05, 4.69) is 16.9 Å². The van der Waals surface area contributed by atoms with Gasteiger partial charge < -0.3 is 15.0 Å². The van der Waals surface area contributed by atoms with Gasteiger partial charge in [-0.15, -0.1) is 6.58 Å². The molecule has 1 aromatic heterocycles. The average Bonchev–Trinajstić information content (AvgIpc) is 2.46. The molecule has 19 heavy (non-hydrogen) atoms. The van der Waals surface area contributed by atoms with Gasteiger partial charge in [0.25, 0.3) is 0 Å². The van der Waals surface area contributed by atoms with Crippen LogP contribution in [0.3, 0.4) is 0 Å². The monoisotopic (exact) mass is 261 g/mol. The summed E-state index contributed by atoms with van der Waals surface area (Å²) < 4.78 is 5.83. The van der Waals surface area contributed by atoms with Crippen molar-refractivity contribution in [3.8, 4) is 5.75 Å². The normalized spacial score (nSPS) is 15.9. The maximum absolute atomic E-state index is 11.7. The summed E-state index contributed by atoms with van der Waals surface area (Å²) >= 11 is 0. The van der Waals surface area contributed by atoms with Gasteiger partial charge in [-0.2, -0.15) is 0 Å². The topological polar surface area (TPSA) is 54.5 Å². The number of carbonyl (C=O) groups is 1. The summed E-state index contributed by atoms with van der Waals surface area (Å²) in [6.45, 7) is 5.51. The third-order valence-corrected chi connectivity index (χ3v) is 3.06. The molecule has 0 bridgehead atoms. The molecule has 1 N–H and O–H groups in total. The Bertz CT molecular complexity index is 414. The van der Waals surface area contributed by atoms with Gasteiger partial charge in [0.2, 0.25) is 0 Å². The first-order valence-electron chi connectivity index (χ1n) is 6.50. The number of hydrogen-bond donors (Lipinski definition) is 1. The predicted molar refractivity (Wildman–Crippen MR) is 73.1 cm³/mol. The third-order valence-electron chi connectivity index (χ3n) is 3.06. The molecule has 1 aliphatic rings. The van der Waals surface area contributed by atoms with Gasteiger partial charge in [0.15, 0.2) is 0 Å². The lowest BCUT2D eigenvalue weighted by atomic mass is 10.1. The van der Waals surface area contributed by atoms with Crippen molar-refractivity contribution in [1.29, 1.82) is 0 Å². The van der Waals surface area contributed by atoms with Crippen LogP contribution in [0.5, 0.6) is 5.75 Å². The molecule has 0 aromatic carbocycles. The summed E-state index contributed by atoms with van der Waals surface area (Å²) in [4.78, 5) is 17.6. The fraction of sp³-hybridized carbons (Fsp3) is 0.429. The zero-order valence-corrected chi connectivity index (χ0v) is 10.9. The van der Waals surface area contributed by atoms with Gasteiger partial charge in [0.1, 0.15) is 11.9 Å². The van der Waals surface area contributed by atoms with Crippen molar-refractivity contribution in [2.45, 2.75) is 18.9 Å². The standard InChI is InChI=1S/C14H19N3O2/c1-2-7-16-14(18)17-9-5-12(6-10-17)19-13-4-3-8-15-11-13/h2-4,8,11-12H,1,5-7,9-10H2,(H,16,18). The predicted octanol–water partition coefficient (Wildman–Crippen LogP) is 1.82. The lowest BCUT2D eigenvalue weighted by molar-refractivity contribution is 0.111. The van der Waals surface area contributed by atoms with Crippen LogP contribution in [0.2, 0.25) is 0 Å². The number of carbonyl (C=O) groups excluding carboxylic acids is 1. The molecular formula is C14H19N3O2. The number of hydrogen-bond acceptors (Lipinski definition) is 3. The summed E-state index contributed by atoms with van der Waals surface area (Å²) in [6, 6.07) is 3.73. The highest BCUT2D eigenvalue weighted by Gasteiger charge is 2.23. The number of likely N-dealkylation sites (tertiary alicyclic amines) is 1. The van der Waals surface area contributed by atoms with Crippen LogP contribution >= 0.6 is 0 Å². The van der Waals surface area contributed by atoms with Crippen molar-refractivity contribution in [2.75, 3.05) is 19.6 Å². The first-order valence-corrected chi connectivity index (χ1v) is 6.50. The van der Waals surface area contributed by atoms with E-state index in [0.29, 0.717) is 19.6 Å². The molecule has 0 radical (unpaired) electrons. The highest BCUT2D eigenvalue weighted by molar-refractivity contribution is 5.74. The third kappa shape index (κ3) is 3.98. The van der Waals surface area contributed by atoms with Gasteiger partial charge in [-0.25, -0.2) is 4.79 Å². The first-order chi connectivity index (χ1) is 9.29. The second-order valence-corrected chi connectivity index (χ2v) is 4.47. The minimum atomic E-state index is -0.0280. The molecule has 0 unspecified atom stereocenters. The Hall–Kier alpha value is -2.04. The van der Waals surface area contributed by atoms with Gasteiger partial charge in [0.05, 0.1) is 6.20 Å². The number of urea groups is 1. The van der Waals surface area contributed by atoms with Crippen LogP contribution in [-0.4, -0.2) is 41.7 Å². The second-order valence-electron chi connectivity index (χ2n) is 4.47. The molecule has 2 rings (SSSR count). The smallest absolute Gasteiger partial charge is 0.317 e. The van der Waals surface area contributed by atoms with E-state index in [1.165, 1.54) is 0 Å². The van der Waals surface area contributed by atoms with Crippen LogP contribution in [-0.2, 0) is 0 Å². The summed E-state index contributed by atoms with van der Waals surface area (Å²) in [5, 5.41) is 2.78. The lowest BCUT2D eigenvalue weighted by Crippen LogP contribution is -2.46. The number of piperidine rings is 1. The highest BCUT2D eigenvalue weighted by Crippen LogP contribution is 2.17. The molecule has 1 fully saturated rings. The molecule has 2 amide bonds. The average molecular weight is 261 g/mol. The van der Waals surface area contributed by atoms with E-state index in [1.807, 2.05) is 17.0 Å². The van der Waals surface area contributed by atoms with E-state index in [9.17, 15) is 4.79 Å². The maximum Gasteiger partial charge on any atom is 0.317 e. The van der Waals surface area contributed by atoms with Crippen molar-refractivity contribution in [2.24, 2.45) is 0 Å². The Kier molecular flexibility index (Phi) is 4.78. The summed E-state index contributed by atoms with van der Waals surface area (Å²) in [5.74, 6) is 0.789. The Morgan fingerprint density at radius 3 is 3.00 bits per heavy atom. The van der Waals surface area contributed by atoms with Gasteiger partial charge in [-0.05, 0) is 12.1 Å². The maximum atomic E-state index is 11.7. The summed E-state index contributed by atoms with van der Waals surface area (Å²) in [7, 11) is 0. The number of amides is 2. The molecule has 2 heterocycles. The van der Waals surface area contributed by atoms with Crippen LogP contribution in [0.15, 0.2) is 37.2 Å². The molecule has 0 atom stereocenters. The minimum absolute atomic E-state index is 0.0280. The molecule has 0 aliphatic carbocycles. The van der Waals surface area contributed by atoms with Crippen molar-refractivity contribution in [3.05, 3.63) is 37.2 Å². The number of pyridine rings is 1. The molecule has 5 heteroatoms. The number of aromatic nitrogens is 1. The highest BCUT2D eigenvalue weighted by atomic mass is 16.5. The largest absolute Gasteiger partial charge is 0.489 e. The molecule has 0 saturated carbocycles. The summed E-state index contributed by atoms with van der Waals surface area (Å²) in [6.07, 6.45) is 6.96. The fourth-order valence-corrected chi connectivity index (χ4v) is 2.06. The van der Waals surface area contributed by atoms with Crippen molar-refractivity contribution in [3.63, 3.8) is 0 Å². The van der Waals surface area contributed by atoms with E-state index in [-0.39, 0.29) is 12.1 Å². The molecule has 1 aliphatic heterocycles. The minimum Gasteiger partial charge on any atom is -0.489 e. The molecule has 1 saturated heterocycles. The van der Waals surface area contributed by atoms with Crippen LogP contribution < -0.4 is 10.1 Å².